The lowest BCUT2D eigenvalue weighted by Crippen LogP contribution is -2.55. The summed E-state index contributed by atoms with van der Waals surface area (Å²) < 4.78 is 0. The third kappa shape index (κ3) is 3.53. The van der Waals surface area contributed by atoms with Gasteiger partial charge in [0, 0.05) is 0 Å². The van der Waals surface area contributed by atoms with Gasteiger partial charge in [-0.1, -0.05) is 91.6 Å². The van der Waals surface area contributed by atoms with Gasteiger partial charge in [0.25, 0.3) is 0 Å². The van der Waals surface area contributed by atoms with Crippen molar-refractivity contribution in [1.82, 2.24) is 0 Å². The highest BCUT2D eigenvalue weighted by Gasteiger charge is 2.64. The summed E-state index contributed by atoms with van der Waals surface area (Å²) in [6, 6.07) is 0. The Morgan fingerprint density at radius 2 is 1.77 bits per heavy atom. The van der Waals surface area contributed by atoms with Crippen LogP contribution in [0.5, 0.6) is 0 Å². The van der Waals surface area contributed by atoms with Gasteiger partial charge in [-0.2, -0.15) is 0 Å². The van der Waals surface area contributed by atoms with Gasteiger partial charge in [0.15, 0.2) is 0 Å². The number of allylic oxidation sites excluding steroid dienone is 2. The minimum Gasteiger partial charge on any atom is -0.0837 e. The highest BCUT2D eigenvalue weighted by molar-refractivity contribution is 6.16. The minimum absolute atomic E-state index is 0.0319. The Morgan fingerprint density at radius 1 is 1.06 bits per heavy atom. The number of hydrogen-bond acceptors (Lipinski definition) is 0. The summed E-state index contributed by atoms with van der Waals surface area (Å²) in [7, 11) is 7.24. The Bertz CT molecular complexity index is 718. The van der Waals surface area contributed by atoms with Crippen molar-refractivity contribution in [3.05, 3.63) is 11.6 Å². The van der Waals surface area contributed by atoms with Crippen LogP contribution in [0.1, 0.15) is 126 Å². The molecule has 2 radical (unpaired) electrons. The summed E-state index contributed by atoms with van der Waals surface area (Å²) in [5.41, 5.74) is 3.40. The molecule has 3 saturated carbocycles. The summed E-state index contributed by atoms with van der Waals surface area (Å²) in [6.45, 7) is 20.1. The zero-order chi connectivity index (χ0) is 22.9. The van der Waals surface area contributed by atoms with Crippen molar-refractivity contribution in [2.75, 3.05) is 0 Å². The Kier molecular flexibility index (Phi) is 5.92. The molecule has 174 valence electrons. The second-order valence-corrected chi connectivity index (χ2v) is 14.4. The summed E-state index contributed by atoms with van der Waals surface area (Å²) in [4.78, 5) is 0. The maximum absolute atomic E-state index is 7.24. The van der Waals surface area contributed by atoms with Crippen LogP contribution in [-0.4, -0.2) is 7.85 Å². The van der Waals surface area contributed by atoms with Crippen LogP contribution >= 0.6 is 0 Å². The summed E-state index contributed by atoms with van der Waals surface area (Å²) in [5, 5.41) is 0.0319. The molecule has 7 unspecified atom stereocenters. The first-order valence-electron chi connectivity index (χ1n) is 13.8. The molecule has 0 saturated heterocycles. The molecule has 4 rings (SSSR count). The van der Waals surface area contributed by atoms with Crippen LogP contribution in [-0.2, 0) is 0 Å². The molecule has 0 heterocycles. The fourth-order valence-electron chi connectivity index (χ4n) is 9.14. The zero-order valence-electron chi connectivity index (χ0n) is 22.2. The smallest absolute Gasteiger partial charge is 0.0758 e. The second-order valence-electron chi connectivity index (χ2n) is 14.4. The van der Waals surface area contributed by atoms with E-state index in [-0.39, 0.29) is 10.7 Å². The van der Waals surface area contributed by atoms with Crippen molar-refractivity contribution >= 4 is 7.85 Å². The van der Waals surface area contributed by atoms with Gasteiger partial charge in [0.1, 0.15) is 0 Å². The predicted molar refractivity (Wildman–Crippen MR) is 136 cm³/mol. The van der Waals surface area contributed by atoms with E-state index in [1.54, 1.807) is 5.57 Å². The number of fused-ring (bicyclic) bond motifs is 5. The van der Waals surface area contributed by atoms with Crippen LogP contribution in [0.2, 0.25) is 5.31 Å². The summed E-state index contributed by atoms with van der Waals surface area (Å²) >= 11 is 0. The first-order chi connectivity index (χ1) is 14.3. The fraction of sp³-hybridized carbons (Fsp3) is 0.933. The zero-order valence-corrected chi connectivity index (χ0v) is 22.2. The molecule has 0 nitrogen and oxygen atoms in total. The van der Waals surface area contributed by atoms with Crippen LogP contribution in [0, 0.1) is 45.3 Å². The van der Waals surface area contributed by atoms with Gasteiger partial charge < -0.3 is 0 Å². The maximum atomic E-state index is 7.24. The standard InChI is InChI=1S/C30H51B/c1-21(2)26(4,5)15-9-10-23-11-12-24-27(23,6)16-14-25-28(24,7)18-19-30(31)20-22(3)13-17-29(25,30)8/h14,21-24H,9-13,15-20H2,1-8H3. The predicted octanol–water partition coefficient (Wildman–Crippen LogP) is 9.16. The van der Waals surface area contributed by atoms with Gasteiger partial charge in [0.2, 0.25) is 0 Å². The molecule has 0 aromatic carbocycles. The van der Waals surface area contributed by atoms with Gasteiger partial charge in [-0.05, 0) is 96.7 Å². The highest BCUT2D eigenvalue weighted by Crippen LogP contribution is 2.75. The molecule has 31 heavy (non-hydrogen) atoms. The molecule has 0 aliphatic heterocycles. The monoisotopic (exact) mass is 422 g/mol. The Labute approximate surface area is 196 Å². The average Bonchev–Trinajstić information content (AvgIpc) is 3.01. The van der Waals surface area contributed by atoms with E-state index in [0.29, 0.717) is 16.2 Å². The molecule has 4 aliphatic carbocycles. The van der Waals surface area contributed by atoms with Crippen LogP contribution in [0.4, 0.5) is 0 Å². The van der Waals surface area contributed by atoms with E-state index >= 15 is 0 Å². The number of hydrogen-bond donors (Lipinski definition) is 0. The lowest BCUT2D eigenvalue weighted by Gasteiger charge is -2.66. The Hall–Kier alpha value is -0.195. The molecule has 7 atom stereocenters. The molecule has 0 amide bonds. The largest absolute Gasteiger partial charge is 0.0837 e. The molecular weight excluding hydrogens is 371 g/mol. The average molecular weight is 423 g/mol. The molecule has 1 heteroatoms. The highest BCUT2D eigenvalue weighted by atomic mass is 14.7. The summed E-state index contributed by atoms with van der Waals surface area (Å²) in [5.74, 6) is 3.35. The van der Waals surface area contributed by atoms with Crippen molar-refractivity contribution in [2.24, 2.45) is 45.3 Å². The van der Waals surface area contributed by atoms with Crippen LogP contribution in [0.25, 0.3) is 0 Å². The van der Waals surface area contributed by atoms with Crippen molar-refractivity contribution in [3.63, 3.8) is 0 Å². The molecular formula is C30H51B. The molecule has 0 aromatic heterocycles. The van der Waals surface area contributed by atoms with Crippen molar-refractivity contribution < 1.29 is 0 Å². The third-order valence-corrected chi connectivity index (χ3v) is 12.2. The van der Waals surface area contributed by atoms with E-state index < -0.39 is 0 Å². The Balaban J connectivity index is 1.55. The molecule has 0 N–H and O–H groups in total. The van der Waals surface area contributed by atoms with E-state index in [1.807, 2.05) is 0 Å². The quantitative estimate of drug-likeness (QED) is 0.306. The van der Waals surface area contributed by atoms with E-state index in [2.05, 4.69) is 61.5 Å². The van der Waals surface area contributed by atoms with Gasteiger partial charge in [0.05, 0.1) is 7.85 Å². The van der Waals surface area contributed by atoms with Crippen LogP contribution in [0.15, 0.2) is 11.6 Å². The van der Waals surface area contributed by atoms with Crippen molar-refractivity contribution in [3.8, 4) is 0 Å². The lowest BCUT2D eigenvalue weighted by molar-refractivity contribution is -0.0237. The Morgan fingerprint density at radius 3 is 2.45 bits per heavy atom. The summed E-state index contributed by atoms with van der Waals surface area (Å²) in [6.07, 6.45) is 17.7. The van der Waals surface area contributed by atoms with E-state index in [1.165, 1.54) is 70.6 Å². The third-order valence-electron chi connectivity index (χ3n) is 12.2. The molecule has 0 bridgehead atoms. The van der Waals surface area contributed by atoms with Gasteiger partial charge >= 0.3 is 0 Å². The molecule has 3 fully saturated rings. The van der Waals surface area contributed by atoms with Gasteiger partial charge in [-0.25, -0.2) is 0 Å². The number of rotatable bonds is 5. The van der Waals surface area contributed by atoms with Crippen LogP contribution < -0.4 is 0 Å². The first-order valence-corrected chi connectivity index (χ1v) is 13.8. The van der Waals surface area contributed by atoms with E-state index in [0.717, 1.165) is 23.7 Å². The topological polar surface area (TPSA) is 0 Å². The molecule has 0 aromatic rings. The first kappa shape index (κ1) is 23.9. The van der Waals surface area contributed by atoms with E-state index in [4.69, 9.17) is 7.85 Å². The van der Waals surface area contributed by atoms with Crippen molar-refractivity contribution in [1.29, 1.82) is 0 Å². The van der Waals surface area contributed by atoms with Gasteiger partial charge in [-0.3, -0.25) is 0 Å². The van der Waals surface area contributed by atoms with Gasteiger partial charge in [-0.15, -0.1) is 0 Å². The van der Waals surface area contributed by atoms with Crippen LogP contribution in [0.3, 0.4) is 0 Å². The second kappa shape index (κ2) is 7.66. The SMILES string of the molecule is [B]C12CCC3(C)C(=CCC4(C)C(CCCC(C)(C)C(C)C)CCC34)C1(C)CCC(C)C2. The maximum Gasteiger partial charge on any atom is 0.0758 e. The van der Waals surface area contributed by atoms with Crippen molar-refractivity contribution in [2.45, 2.75) is 131 Å². The minimum atomic E-state index is 0.0319. The lowest BCUT2D eigenvalue weighted by atomic mass is 9.34. The molecule has 0 spiro atoms. The fourth-order valence-corrected chi connectivity index (χ4v) is 9.14. The normalized spacial score (nSPS) is 47.5. The van der Waals surface area contributed by atoms with E-state index in [9.17, 15) is 0 Å². The molecule has 4 aliphatic rings.